The Kier molecular flexibility index (Phi) is 3.74. The number of methoxy groups -OCH3 is 1. The molecule has 1 aromatic rings. The molecule has 0 heterocycles. The largest absolute Gasteiger partial charge is 0.504 e. The zero-order chi connectivity index (χ0) is 11.6. The predicted molar refractivity (Wildman–Crippen MR) is 61.5 cm³/mol. The molecule has 0 aliphatic carbocycles. The fourth-order valence-electron chi connectivity index (χ4n) is 1.41. The fraction of sp³-hybridized carbons (Fsp3) is 0.364. The maximum absolute atomic E-state index is 11.0. The number of carbonyl (C=O) groups is 1. The molecule has 0 radical (unpaired) electrons. The van der Waals surface area contributed by atoms with Gasteiger partial charge in [-0.15, -0.1) is 0 Å². The fourth-order valence-corrected chi connectivity index (χ4v) is 1.87. The van der Waals surface area contributed by atoms with Crippen LogP contribution in [0.15, 0.2) is 10.5 Å². The lowest BCUT2D eigenvalue weighted by atomic mass is 10.1. The Morgan fingerprint density at radius 3 is 2.67 bits per heavy atom. The van der Waals surface area contributed by atoms with Gasteiger partial charge in [-0.05, 0) is 19.9 Å². The van der Waals surface area contributed by atoms with Gasteiger partial charge in [0.2, 0.25) is 0 Å². The van der Waals surface area contributed by atoms with E-state index in [1.54, 1.807) is 6.07 Å². The molecule has 82 valence electrons. The molecule has 15 heavy (non-hydrogen) atoms. The van der Waals surface area contributed by atoms with Gasteiger partial charge in [0.15, 0.2) is 11.5 Å². The summed E-state index contributed by atoms with van der Waals surface area (Å²) >= 11 is 3.36. The molecular formula is C11H13BrO3. The number of benzene rings is 1. The van der Waals surface area contributed by atoms with Crippen LogP contribution in [0.5, 0.6) is 11.5 Å². The van der Waals surface area contributed by atoms with Crippen LogP contribution in [-0.4, -0.2) is 18.0 Å². The number of aromatic hydroxyl groups is 1. The van der Waals surface area contributed by atoms with Crippen molar-refractivity contribution in [2.24, 2.45) is 0 Å². The molecule has 1 rings (SSSR count). The molecular weight excluding hydrogens is 260 g/mol. The zero-order valence-electron chi connectivity index (χ0n) is 8.93. The number of phenols is 1. The third kappa shape index (κ3) is 2.50. The number of hydrogen-bond donors (Lipinski definition) is 1. The zero-order valence-corrected chi connectivity index (χ0v) is 10.5. The molecule has 0 fully saturated rings. The monoisotopic (exact) mass is 272 g/mol. The van der Waals surface area contributed by atoms with E-state index in [9.17, 15) is 9.90 Å². The van der Waals surface area contributed by atoms with Gasteiger partial charge in [0, 0.05) is 22.0 Å². The van der Waals surface area contributed by atoms with E-state index in [4.69, 9.17) is 4.74 Å². The highest BCUT2D eigenvalue weighted by molar-refractivity contribution is 9.10. The van der Waals surface area contributed by atoms with Crippen LogP contribution in [0.4, 0.5) is 0 Å². The number of Topliss-reactive ketones (excluding diaryl/α,β-unsaturated/α-hetero) is 1. The summed E-state index contributed by atoms with van der Waals surface area (Å²) in [7, 11) is 1.49. The van der Waals surface area contributed by atoms with Gasteiger partial charge in [-0.2, -0.15) is 0 Å². The second-order valence-corrected chi connectivity index (χ2v) is 4.26. The van der Waals surface area contributed by atoms with Crippen molar-refractivity contribution in [3.8, 4) is 11.5 Å². The van der Waals surface area contributed by atoms with Crippen molar-refractivity contribution < 1.29 is 14.6 Å². The Morgan fingerprint density at radius 2 is 2.20 bits per heavy atom. The minimum atomic E-state index is 0.00288. The highest BCUT2D eigenvalue weighted by Gasteiger charge is 2.15. The SMILES string of the molecule is COc1c(C)c(Br)cc(CC(C)=O)c1O. The maximum Gasteiger partial charge on any atom is 0.164 e. The molecule has 0 saturated carbocycles. The quantitative estimate of drug-likeness (QED) is 0.920. The summed E-state index contributed by atoms with van der Waals surface area (Å²) in [6, 6.07) is 1.74. The van der Waals surface area contributed by atoms with Crippen molar-refractivity contribution in [3.63, 3.8) is 0 Å². The van der Waals surface area contributed by atoms with Gasteiger partial charge >= 0.3 is 0 Å². The minimum absolute atomic E-state index is 0.00288. The minimum Gasteiger partial charge on any atom is -0.504 e. The first-order valence-corrected chi connectivity index (χ1v) is 5.31. The lowest BCUT2D eigenvalue weighted by Crippen LogP contribution is -1.99. The molecule has 0 amide bonds. The van der Waals surface area contributed by atoms with Crippen LogP contribution in [0.3, 0.4) is 0 Å². The number of ketones is 1. The van der Waals surface area contributed by atoms with E-state index < -0.39 is 0 Å². The van der Waals surface area contributed by atoms with Gasteiger partial charge in [-0.25, -0.2) is 0 Å². The molecule has 0 saturated heterocycles. The van der Waals surface area contributed by atoms with Crippen molar-refractivity contribution in [1.82, 2.24) is 0 Å². The summed E-state index contributed by atoms with van der Waals surface area (Å²) in [6.07, 6.45) is 0.209. The van der Waals surface area contributed by atoms with E-state index in [1.165, 1.54) is 14.0 Å². The maximum atomic E-state index is 11.0. The third-order valence-electron chi connectivity index (χ3n) is 2.16. The van der Waals surface area contributed by atoms with Gasteiger partial charge in [0.1, 0.15) is 5.78 Å². The standard InChI is InChI=1S/C11H13BrO3/c1-6(13)4-8-5-9(12)7(2)11(15-3)10(8)14/h5,14H,4H2,1-3H3. The van der Waals surface area contributed by atoms with E-state index in [1.807, 2.05) is 6.92 Å². The van der Waals surface area contributed by atoms with E-state index in [-0.39, 0.29) is 18.0 Å². The first-order chi connectivity index (χ1) is 6.97. The normalized spacial score (nSPS) is 10.1. The Morgan fingerprint density at radius 1 is 1.60 bits per heavy atom. The number of rotatable bonds is 3. The molecule has 0 aliphatic heterocycles. The van der Waals surface area contributed by atoms with E-state index in [0.29, 0.717) is 11.3 Å². The van der Waals surface area contributed by atoms with Crippen LogP contribution in [0, 0.1) is 6.92 Å². The predicted octanol–water partition coefficient (Wildman–Crippen LogP) is 2.60. The Balaban J connectivity index is 3.30. The summed E-state index contributed by atoms with van der Waals surface area (Å²) in [5.41, 5.74) is 1.40. The van der Waals surface area contributed by atoms with E-state index >= 15 is 0 Å². The Hall–Kier alpha value is -1.03. The van der Waals surface area contributed by atoms with Crippen LogP contribution < -0.4 is 4.74 Å². The Bertz CT molecular complexity index is 399. The number of ether oxygens (including phenoxy) is 1. The smallest absolute Gasteiger partial charge is 0.164 e. The summed E-state index contributed by atoms with van der Waals surface area (Å²) in [5, 5.41) is 9.84. The Labute approximate surface area is 97.2 Å². The first-order valence-electron chi connectivity index (χ1n) is 4.51. The van der Waals surface area contributed by atoms with Gasteiger partial charge in [-0.1, -0.05) is 15.9 Å². The van der Waals surface area contributed by atoms with Gasteiger partial charge < -0.3 is 9.84 Å². The van der Waals surface area contributed by atoms with E-state index in [2.05, 4.69) is 15.9 Å². The van der Waals surface area contributed by atoms with Gasteiger partial charge in [-0.3, -0.25) is 4.79 Å². The van der Waals surface area contributed by atoms with E-state index in [0.717, 1.165) is 10.0 Å². The number of carbonyl (C=O) groups excluding carboxylic acids is 1. The molecule has 1 aromatic carbocycles. The number of phenolic OH excluding ortho intramolecular Hbond substituents is 1. The van der Waals surface area contributed by atoms with Crippen LogP contribution in [0.25, 0.3) is 0 Å². The molecule has 1 N–H and O–H groups in total. The highest BCUT2D eigenvalue weighted by Crippen LogP contribution is 2.38. The summed E-state index contributed by atoms with van der Waals surface area (Å²) in [4.78, 5) is 11.0. The van der Waals surface area contributed by atoms with Crippen molar-refractivity contribution in [3.05, 3.63) is 21.7 Å². The molecule has 3 nitrogen and oxygen atoms in total. The van der Waals surface area contributed by atoms with Crippen molar-refractivity contribution >= 4 is 21.7 Å². The summed E-state index contributed by atoms with van der Waals surface area (Å²) in [5.74, 6) is 0.470. The lowest BCUT2D eigenvalue weighted by molar-refractivity contribution is -0.116. The molecule has 0 bridgehead atoms. The lowest BCUT2D eigenvalue weighted by Gasteiger charge is -2.12. The second kappa shape index (κ2) is 4.66. The van der Waals surface area contributed by atoms with Crippen LogP contribution in [0.1, 0.15) is 18.1 Å². The summed E-state index contributed by atoms with van der Waals surface area (Å²) < 4.78 is 5.91. The molecule has 0 aromatic heterocycles. The van der Waals surface area contributed by atoms with Gasteiger partial charge in [0.05, 0.1) is 7.11 Å². The number of halogens is 1. The first kappa shape index (κ1) is 12.0. The van der Waals surface area contributed by atoms with Crippen molar-refractivity contribution in [2.75, 3.05) is 7.11 Å². The summed E-state index contributed by atoms with van der Waals surface area (Å²) in [6.45, 7) is 3.32. The average molecular weight is 273 g/mol. The molecule has 0 atom stereocenters. The van der Waals surface area contributed by atoms with Crippen LogP contribution in [0.2, 0.25) is 0 Å². The van der Waals surface area contributed by atoms with Crippen molar-refractivity contribution in [2.45, 2.75) is 20.3 Å². The molecule has 0 unspecified atom stereocenters. The number of hydrogen-bond acceptors (Lipinski definition) is 3. The van der Waals surface area contributed by atoms with Gasteiger partial charge in [0.25, 0.3) is 0 Å². The third-order valence-corrected chi connectivity index (χ3v) is 2.99. The molecule has 0 spiro atoms. The second-order valence-electron chi connectivity index (χ2n) is 3.40. The van der Waals surface area contributed by atoms with Crippen molar-refractivity contribution in [1.29, 1.82) is 0 Å². The molecule has 0 aliphatic rings. The van der Waals surface area contributed by atoms with Crippen LogP contribution >= 0.6 is 15.9 Å². The average Bonchev–Trinajstić information content (AvgIpc) is 2.14. The topological polar surface area (TPSA) is 46.5 Å². The molecule has 4 heteroatoms. The van der Waals surface area contributed by atoms with Crippen LogP contribution in [-0.2, 0) is 11.2 Å². The highest BCUT2D eigenvalue weighted by atomic mass is 79.9.